The van der Waals surface area contributed by atoms with Gasteiger partial charge < -0.3 is 16.2 Å². The average molecular weight is 592 g/mol. The fourth-order valence-electron chi connectivity index (χ4n) is 4.53. The van der Waals surface area contributed by atoms with Crippen LogP contribution in [0.4, 0.5) is 5.69 Å². The van der Waals surface area contributed by atoms with Gasteiger partial charge in [0.1, 0.15) is 6.04 Å². The highest BCUT2D eigenvalue weighted by molar-refractivity contribution is 7.92. The maximum Gasteiger partial charge on any atom is 0.252 e. The molecule has 0 spiro atoms. The monoisotopic (exact) mass is 590 g/mol. The van der Waals surface area contributed by atoms with Crippen molar-refractivity contribution in [3.05, 3.63) is 99.5 Å². The Morgan fingerprint density at radius 3 is 2.05 bits per heavy atom. The number of hydrogen-bond donors (Lipinski definition) is 4. The number of anilines is 1. The number of benzene rings is 3. The molecule has 0 unspecified atom stereocenters. The summed E-state index contributed by atoms with van der Waals surface area (Å²) in [6.07, 6.45) is 0. The standard InChI is InChI=1S/C27H28Cl2N4O5S/c28-21-8-4-18(5-9-21)25(19-6-10-22(29)11-7-19)33-13-17(14-33)16-39(37,38)32-23-3-1-2-20(12-23)27(36)31-24(15-34)26(30)35/h1-12,17,24-25,32,34H,13-16H2,(H2,30,35)(H,31,36)/t24-/m0/s1. The van der Waals surface area contributed by atoms with E-state index in [1.807, 2.05) is 48.5 Å². The zero-order valence-corrected chi connectivity index (χ0v) is 23.1. The first-order valence-electron chi connectivity index (χ1n) is 12.1. The highest BCUT2D eigenvalue weighted by Gasteiger charge is 2.36. The van der Waals surface area contributed by atoms with Crippen molar-refractivity contribution in [1.29, 1.82) is 0 Å². The van der Waals surface area contributed by atoms with Crippen molar-refractivity contribution in [3.63, 3.8) is 0 Å². The van der Waals surface area contributed by atoms with Crippen LogP contribution in [0.5, 0.6) is 0 Å². The van der Waals surface area contributed by atoms with Gasteiger partial charge in [0.05, 0.1) is 18.4 Å². The third-order valence-corrected chi connectivity index (χ3v) is 8.37. The molecule has 2 amide bonds. The van der Waals surface area contributed by atoms with Crippen LogP contribution in [0.2, 0.25) is 10.0 Å². The van der Waals surface area contributed by atoms with Gasteiger partial charge in [-0.15, -0.1) is 0 Å². The normalized spacial score (nSPS) is 15.0. The van der Waals surface area contributed by atoms with Crippen LogP contribution in [0.15, 0.2) is 72.8 Å². The van der Waals surface area contributed by atoms with Crippen LogP contribution in [-0.4, -0.2) is 61.7 Å². The van der Waals surface area contributed by atoms with E-state index >= 15 is 0 Å². The predicted molar refractivity (Wildman–Crippen MR) is 151 cm³/mol. The van der Waals surface area contributed by atoms with E-state index in [0.717, 1.165) is 11.1 Å². The number of primary amides is 1. The molecule has 206 valence electrons. The molecule has 1 heterocycles. The largest absolute Gasteiger partial charge is 0.394 e. The summed E-state index contributed by atoms with van der Waals surface area (Å²) in [5, 5.41) is 12.8. The molecular formula is C27H28Cl2N4O5S. The van der Waals surface area contributed by atoms with E-state index in [4.69, 9.17) is 28.9 Å². The quantitative estimate of drug-likeness (QED) is 0.270. The number of sulfonamides is 1. The maximum atomic E-state index is 12.9. The van der Waals surface area contributed by atoms with Gasteiger partial charge in [0.25, 0.3) is 5.91 Å². The van der Waals surface area contributed by atoms with Crippen LogP contribution in [0, 0.1) is 5.92 Å². The van der Waals surface area contributed by atoms with E-state index in [2.05, 4.69) is 14.9 Å². The molecule has 0 saturated carbocycles. The molecule has 3 aromatic carbocycles. The van der Waals surface area contributed by atoms with Crippen LogP contribution in [0.3, 0.4) is 0 Å². The topological polar surface area (TPSA) is 142 Å². The van der Waals surface area contributed by atoms with Gasteiger partial charge in [-0.2, -0.15) is 0 Å². The summed E-state index contributed by atoms with van der Waals surface area (Å²) >= 11 is 12.2. The number of nitrogens with one attached hydrogen (secondary N) is 2. The summed E-state index contributed by atoms with van der Waals surface area (Å²) in [6.45, 7) is 0.479. The first kappa shape index (κ1) is 28.8. The smallest absolute Gasteiger partial charge is 0.252 e. The molecule has 3 aromatic rings. The third kappa shape index (κ3) is 7.49. The lowest BCUT2D eigenvalue weighted by Gasteiger charge is -2.44. The van der Waals surface area contributed by atoms with Gasteiger partial charge in [0, 0.05) is 40.3 Å². The van der Waals surface area contributed by atoms with E-state index in [9.17, 15) is 23.1 Å². The number of amides is 2. The van der Waals surface area contributed by atoms with E-state index in [1.165, 1.54) is 24.3 Å². The number of aliphatic hydroxyl groups excluding tert-OH is 1. The van der Waals surface area contributed by atoms with Crippen molar-refractivity contribution in [2.24, 2.45) is 11.7 Å². The fraction of sp³-hybridized carbons (Fsp3) is 0.259. The maximum absolute atomic E-state index is 12.9. The highest BCUT2D eigenvalue weighted by Crippen LogP contribution is 2.35. The SMILES string of the molecule is NC(=O)[C@H](CO)NC(=O)c1cccc(NS(=O)(=O)CC2CN(C(c3ccc(Cl)cc3)c3ccc(Cl)cc3)C2)c1. The van der Waals surface area contributed by atoms with Gasteiger partial charge in [-0.1, -0.05) is 53.5 Å². The Kier molecular flexibility index (Phi) is 9.14. The Hall–Kier alpha value is -3.15. The van der Waals surface area contributed by atoms with E-state index in [-0.39, 0.29) is 29.0 Å². The van der Waals surface area contributed by atoms with Crippen molar-refractivity contribution in [1.82, 2.24) is 10.2 Å². The lowest BCUT2D eigenvalue weighted by atomic mass is 9.91. The number of rotatable bonds is 11. The molecular weight excluding hydrogens is 563 g/mol. The van der Waals surface area contributed by atoms with E-state index < -0.39 is 34.5 Å². The van der Waals surface area contributed by atoms with Crippen LogP contribution < -0.4 is 15.8 Å². The number of nitrogens with zero attached hydrogens (tertiary/aromatic N) is 1. The molecule has 1 atom stereocenters. The van der Waals surface area contributed by atoms with E-state index in [1.54, 1.807) is 0 Å². The number of nitrogens with two attached hydrogens (primary N) is 1. The molecule has 9 nitrogen and oxygen atoms in total. The molecule has 0 radical (unpaired) electrons. The second-order valence-corrected chi connectivity index (χ2v) is 12.0. The van der Waals surface area contributed by atoms with Crippen molar-refractivity contribution < 1.29 is 23.1 Å². The molecule has 1 aliphatic rings. The summed E-state index contributed by atoms with van der Waals surface area (Å²) in [7, 11) is -3.73. The molecule has 12 heteroatoms. The van der Waals surface area contributed by atoms with Gasteiger partial charge in [-0.05, 0) is 53.6 Å². The summed E-state index contributed by atoms with van der Waals surface area (Å²) in [6, 6.07) is 19.7. The Labute approximate surface area is 237 Å². The van der Waals surface area contributed by atoms with Crippen LogP contribution >= 0.6 is 23.2 Å². The molecule has 0 aromatic heterocycles. The van der Waals surface area contributed by atoms with Gasteiger partial charge in [0.15, 0.2) is 0 Å². The molecule has 0 aliphatic carbocycles. The lowest BCUT2D eigenvalue weighted by molar-refractivity contribution is -0.120. The van der Waals surface area contributed by atoms with Crippen molar-refractivity contribution in [2.75, 3.05) is 30.2 Å². The second kappa shape index (κ2) is 12.4. The van der Waals surface area contributed by atoms with Gasteiger partial charge in [0.2, 0.25) is 15.9 Å². The lowest BCUT2D eigenvalue weighted by Crippen LogP contribution is -2.51. The summed E-state index contributed by atoms with van der Waals surface area (Å²) in [5.41, 5.74) is 7.53. The molecule has 4 rings (SSSR count). The first-order valence-corrected chi connectivity index (χ1v) is 14.5. The van der Waals surface area contributed by atoms with Crippen molar-refractivity contribution >= 4 is 50.7 Å². The Bertz CT molecular complexity index is 1380. The van der Waals surface area contributed by atoms with Crippen LogP contribution in [-0.2, 0) is 14.8 Å². The van der Waals surface area contributed by atoms with Crippen LogP contribution in [0.1, 0.15) is 27.5 Å². The predicted octanol–water partition coefficient (Wildman–Crippen LogP) is 3.03. The van der Waals surface area contributed by atoms with Crippen molar-refractivity contribution in [2.45, 2.75) is 12.1 Å². The minimum absolute atomic E-state index is 0.0789. The van der Waals surface area contributed by atoms with Crippen LogP contribution in [0.25, 0.3) is 0 Å². The number of carbonyl (C=O) groups excluding carboxylic acids is 2. The Morgan fingerprint density at radius 1 is 0.974 bits per heavy atom. The number of halogens is 2. The van der Waals surface area contributed by atoms with Gasteiger partial charge in [-0.25, -0.2) is 8.42 Å². The third-order valence-electron chi connectivity index (χ3n) is 6.41. The molecule has 1 fully saturated rings. The molecule has 1 saturated heterocycles. The second-order valence-electron chi connectivity index (χ2n) is 9.40. The Balaban J connectivity index is 1.40. The minimum Gasteiger partial charge on any atom is -0.394 e. The fourth-order valence-corrected chi connectivity index (χ4v) is 6.19. The summed E-state index contributed by atoms with van der Waals surface area (Å²) in [4.78, 5) is 25.9. The zero-order chi connectivity index (χ0) is 28.2. The highest BCUT2D eigenvalue weighted by atomic mass is 35.5. The van der Waals surface area contributed by atoms with Gasteiger partial charge in [-0.3, -0.25) is 19.2 Å². The molecule has 1 aliphatic heterocycles. The molecule has 0 bridgehead atoms. The number of hydrogen-bond acceptors (Lipinski definition) is 6. The number of likely N-dealkylation sites (tertiary alicyclic amines) is 1. The zero-order valence-electron chi connectivity index (χ0n) is 20.8. The van der Waals surface area contributed by atoms with E-state index in [0.29, 0.717) is 23.1 Å². The summed E-state index contributed by atoms with van der Waals surface area (Å²) < 4.78 is 28.4. The first-order chi connectivity index (χ1) is 18.5. The minimum atomic E-state index is -3.73. The number of carbonyl (C=O) groups is 2. The van der Waals surface area contributed by atoms with Crippen molar-refractivity contribution in [3.8, 4) is 0 Å². The number of aliphatic hydroxyl groups is 1. The average Bonchev–Trinajstić information content (AvgIpc) is 2.87. The summed E-state index contributed by atoms with van der Waals surface area (Å²) in [5.74, 6) is -1.75. The Morgan fingerprint density at radius 2 is 1.54 bits per heavy atom. The molecule has 5 N–H and O–H groups in total. The van der Waals surface area contributed by atoms with Gasteiger partial charge >= 0.3 is 0 Å². The molecule has 39 heavy (non-hydrogen) atoms.